The molecule has 2 rings (SSSR count). The standard InChI is InChI=1S/C11H11Cl2N3S/c1-16(5-8-6-17-7-14-8)11-3-2-9(13)10(4-12)15-11/h2-3,6-7H,4-5H2,1H3. The first kappa shape index (κ1) is 12.6. The van der Waals surface area contributed by atoms with Crippen molar-refractivity contribution in [2.75, 3.05) is 11.9 Å². The van der Waals surface area contributed by atoms with Crippen molar-refractivity contribution in [3.8, 4) is 0 Å². The summed E-state index contributed by atoms with van der Waals surface area (Å²) in [6.45, 7) is 0.722. The third-order valence-corrected chi connectivity index (χ3v) is 3.54. The van der Waals surface area contributed by atoms with Gasteiger partial charge in [-0.05, 0) is 12.1 Å². The summed E-state index contributed by atoms with van der Waals surface area (Å²) < 4.78 is 0. The number of pyridine rings is 1. The first-order chi connectivity index (χ1) is 8.20. The van der Waals surface area contributed by atoms with Gasteiger partial charge in [0.1, 0.15) is 5.82 Å². The molecule has 0 aliphatic heterocycles. The molecule has 17 heavy (non-hydrogen) atoms. The average Bonchev–Trinajstić information content (AvgIpc) is 2.82. The Balaban J connectivity index is 2.16. The van der Waals surface area contributed by atoms with Crippen LogP contribution in [0, 0.1) is 0 Å². The molecule has 0 fully saturated rings. The Morgan fingerprint density at radius 1 is 1.41 bits per heavy atom. The van der Waals surface area contributed by atoms with Gasteiger partial charge in [0.05, 0.1) is 34.3 Å². The number of alkyl halides is 1. The zero-order valence-electron chi connectivity index (χ0n) is 9.23. The second-order valence-electron chi connectivity index (χ2n) is 3.57. The predicted molar refractivity (Wildman–Crippen MR) is 73.0 cm³/mol. The molecule has 0 atom stereocenters. The third-order valence-electron chi connectivity index (χ3n) is 2.30. The summed E-state index contributed by atoms with van der Waals surface area (Å²) in [5, 5.41) is 2.63. The van der Waals surface area contributed by atoms with Gasteiger partial charge in [-0.25, -0.2) is 9.97 Å². The van der Waals surface area contributed by atoms with Crippen molar-refractivity contribution in [3.05, 3.63) is 39.4 Å². The normalized spacial score (nSPS) is 10.5. The molecule has 0 amide bonds. The number of thiazole rings is 1. The highest BCUT2D eigenvalue weighted by Crippen LogP contribution is 2.21. The zero-order chi connectivity index (χ0) is 12.3. The van der Waals surface area contributed by atoms with Crippen LogP contribution < -0.4 is 4.90 Å². The lowest BCUT2D eigenvalue weighted by molar-refractivity contribution is 0.869. The maximum absolute atomic E-state index is 5.97. The topological polar surface area (TPSA) is 29.0 Å². The van der Waals surface area contributed by atoms with Crippen LogP contribution in [0.4, 0.5) is 5.82 Å². The lowest BCUT2D eigenvalue weighted by atomic mass is 10.3. The number of nitrogens with zero attached hydrogens (tertiary/aromatic N) is 3. The fourth-order valence-electron chi connectivity index (χ4n) is 1.42. The maximum Gasteiger partial charge on any atom is 0.129 e. The summed E-state index contributed by atoms with van der Waals surface area (Å²) >= 11 is 13.3. The van der Waals surface area contributed by atoms with E-state index in [0.29, 0.717) is 16.6 Å². The van der Waals surface area contributed by atoms with E-state index in [1.54, 1.807) is 11.3 Å². The summed E-state index contributed by atoms with van der Waals surface area (Å²) in [6, 6.07) is 3.70. The monoisotopic (exact) mass is 287 g/mol. The lowest BCUT2D eigenvalue weighted by Gasteiger charge is -2.17. The quantitative estimate of drug-likeness (QED) is 0.805. The number of anilines is 1. The van der Waals surface area contributed by atoms with Gasteiger partial charge in [-0.1, -0.05) is 11.6 Å². The van der Waals surface area contributed by atoms with Gasteiger partial charge in [-0.15, -0.1) is 22.9 Å². The van der Waals surface area contributed by atoms with Crippen LogP contribution in [0.15, 0.2) is 23.0 Å². The Hall–Kier alpha value is -0.840. The molecule has 2 aromatic heterocycles. The maximum atomic E-state index is 5.97. The summed E-state index contributed by atoms with van der Waals surface area (Å²) in [4.78, 5) is 10.7. The second-order valence-corrected chi connectivity index (χ2v) is 4.96. The smallest absolute Gasteiger partial charge is 0.129 e. The largest absolute Gasteiger partial charge is 0.354 e. The zero-order valence-corrected chi connectivity index (χ0v) is 11.6. The molecule has 0 unspecified atom stereocenters. The van der Waals surface area contributed by atoms with Gasteiger partial charge in [0, 0.05) is 12.4 Å². The van der Waals surface area contributed by atoms with E-state index in [-0.39, 0.29) is 0 Å². The number of aromatic nitrogens is 2. The number of halogens is 2. The van der Waals surface area contributed by atoms with Crippen molar-refractivity contribution in [2.24, 2.45) is 0 Å². The molecule has 2 aromatic rings. The van der Waals surface area contributed by atoms with Crippen LogP contribution >= 0.6 is 34.5 Å². The fourth-order valence-corrected chi connectivity index (χ4v) is 2.41. The lowest BCUT2D eigenvalue weighted by Crippen LogP contribution is -2.18. The van der Waals surface area contributed by atoms with E-state index in [1.807, 2.05) is 35.0 Å². The molecule has 0 aromatic carbocycles. The molecule has 0 saturated carbocycles. The Morgan fingerprint density at radius 2 is 2.24 bits per heavy atom. The van der Waals surface area contributed by atoms with E-state index < -0.39 is 0 Å². The van der Waals surface area contributed by atoms with Crippen LogP contribution in [-0.2, 0) is 12.4 Å². The van der Waals surface area contributed by atoms with Crippen molar-refractivity contribution in [1.29, 1.82) is 0 Å². The number of hydrogen-bond acceptors (Lipinski definition) is 4. The first-order valence-electron chi connectivity index (χ1n) is 5.00. The number of hydrogen-bond donors (Lipinski definition) is 0. The van der Waals surface area contributed by atoms with Gasteiger partial charge in [0.15, 0.2) is 0 Å². The molecule has 2 heterocycles. The highest BCUT2D eigenvalue weighted by Gasteiger charge is 2.08. The van der Waals surface area contributed by atoms with Crippen molar-refractivity contribution in [1.82, 2.24) is 9.97 Å². The van der Waals surface area contributed by atoms with E-state index >= 15 is 0 Å². The molecule has 6 heteroatoms. The van der Waals surface area contributed by atoms with Crippen LogP contribution in [0.1, 0.15) is 11.4 Å². The van der Waals surface area contributed by atoms with Crippen LogP contribution in [-0.4, -0.2) is 17.0 Å². The van der Waals surface area contributed by atoms with Gasteiger partial charge in [0.2, 0.25) is 0 Å². The molecule has 0 N–H and O–H groups in total. The summed E-state index contributed by atoms with van der Waals surface area (Å²) in [5.74, 6) is 1.16. The molecule has 3 nitrogen and oxygen atoms in total. The summed E-state index contributed by atoms with van der Waals surface area (Å²) in [6.07, 6.45) is 0. The van der Waals surface area contributed by atoms with Crippen LogP contribution in [0.5, 0.6) is 0 Å². The molecule has 0 radical (unpaired) electrons. The van der Waals surface area contributed by atoms with E-state index in [1.165, 1.54) is 0 Å². The van der Waals surface area contributed by atoms with E-state index in [9.17, 15) is 0 Å². The SMILES string of the molecule is CN(Cc1cscn1)c1ccc(Cl)c(CCl)n1. The van der Waals surface area contributed by atoms with Crippen molar-refractivity contribution < 1.29 is 0 Å². The third kappa shape index (κ3) is 3.09. The van der Waals surface area contributed by atoms with Crippen LogP contribution in [0.3, 0.4) is 0 Å². The van der Waals surface area contributed by atoms with Crippen molar-refractivity contribution in [2.45, 2.75) is 12.4 Å². The number of rotatable bonds is 4. The van der Waals surface area contributed by atoms with E-state index in [0.717, 1.165) is 18.1 Å². The molecule has 90 valence electrons. The van der Waals surface area contributed by atoms with Crippen LogP contribution in [0.2, 0.25) is 5.02 Å². The van der Waals surface area contributed by atoms with Gasteiger partial charge < -0.3 is 4.90 Å². The Bertz CT molecular complexity index is 487. The van der Waals surface area contributed by atoms with Gasteiger partial charge >= 0.3 is 0 Å². The minimum absolute atomic E-state index is 0.317. The summed E-state index contributed by atoms with van der Waals surface area (Å²) in [5.41, 5.74) is 3.56. The summed E-state index contributed by atoms with van der Waals surface area (Å²) in [7, 11) is 1.97. The Morgan fingerprint density at radius 3 is 2.88 bits per heavy atom. The van der Waals surface area contributed by atoms with Crippen molar-refractivity contribution in [3.63, 3.8) is 0 Å². The molecular formula is C11H11Cl2N3S. The second kappa shape index (κ2) is 5.67. The van der Waals surface area contributed by atoms with E-state index in [4.69, 9.17) is 23.2 Å². The Labute approximate surface area is 114 Å². The highest BCUT2D eigenvalue weighted by atomic mass is 35.5. The molecule has 0 bridgehead atoms. The minimum atomic E-state index is 0.317. The molecule has 0 aliphatic rings. The molecule has 0 aliphatic carbocycles. The van der Waals surface area contributed by atoms with Gasteiger partial charge in [0.25, 0.3) is 0 Å². The first-order valence-corrected chi connectivity index (χ1v) is 6.86. The minimum Gasteiger partial charge on any atom is -0.354 e. The van der Waals surface area contributed by atoms with Gasteiger partial charge in [-0.3, -0.25) is 0 Å². The van der Waals surface area contributed by atoms with E-state index in [2.05, 4.69) is 9.97 Å². The van der Waals surface area contributed by atoms with Gasteiger partial charge in [-0.2, -0.15) is 0 Å². The average molecular weight is 288 g/mol. The Kier molecular flexibility index (Phi) is 4.20. The predicted octanol–water partition coefficient (Wildman–Crippen LogP) is 3.57. The highest BCUT2D eigenvalue weighted by molar-refractivity contribution is 7.07. The molecular weight excluding hydrogens is 277 g/mol. The molecule has 0 spiro atoms. The van der Waals surface area contributed by atoms with Crippen molar-refractivity contribution >= 4 is 40.4 Å². The van der Waals surface area contributed by atoms with Crippen LogP contribution in [0.25, 0.3) is 0 Å². The fraction of sp³-hybridized carbons (Fsp3) is 0.273. The molecule has 0 saturated heterocycles.